The van der Waals surface area contributed by atoms with Crippen LogP contribution in [0.3, 0.4) is 0 Å². The monoisotopic (exact) mass is 455 g/mol. The van der Waals surface area contributed by atoms with E-state index in [1.165, 1.54) is 6.21 Å². The van der Waals surface area contributed by atoms with E-state index in [2.05, 4.69) is 15.8 Å². The molecule has 0 aliphatic carbocycles. The average Bonchev–Trinajstić information content (AvgIpc) is 2.78. The highest BCUT2D eigenvalue weighted by Gasteiger charge is 2.11. The number of rotatable bonds is 7. The maximum atomic E-state index is 11.8. The van der Waals surface area contributed by atoms with Gasteiger partial charge in [0.15, 0.2) is 0 Å². The van der Waals surface area contributed by atoms with Gasteiger partial charge in [-0.1, -0.05) is 59.6 Å². The molecule has 0 aliphatic heterocycles. The van der Waals surface area contributed by atoms with Gasteiger partial charge in [0.05, 0.1) is 6.21 Å². The molecule has 3 aromatic rings. The van der Waals surface area contributed by atoms with Gasteiger partial charge in [0.1, 0.15) is 12.4 Å². The fourth-order valence-electron chi connectivity index (χ4n) is 2.52. The van der Waals surface area contributed by atoms with Gasteiger partial charge >= 0.3 is 11.8 Å². The third-order valence-corrected chi connectivity index (χ3v) is 4.76. The smallest absolute Gasteiger partial charge is 0.329 e. The van der Waals surface area contributed by atoms with Crippen LogP contribution in [0.25, 0.3) is 0 Å². The summed E-state index contributed by atoms with van der Waals surface area (Å²) in [6, 6.07) is 21.6. The number of carbonyl (C=O) groups is 2. The summed E-state index contributed by atoms with van der Waals surface area (Å²) in [5.41, 5.74) is 4.65. The van der Waals surface area contributed by atoms with Crippen molar-refractivity contribution in [3.05, 3.63) is 99.5 Å². The second kappa shape index (κ2) is 11.2. The summed E-state index contributed by atoms with van der Waals surface area (Å²) in [5.74, 6) is -0.954. The Bertz CT molecular complexity index is 1070. The van der Waals surface area contributed by atoms with E-state index in [4.69, 9.17) is 27.9 Å². The van der Waals surface area contributed by atoms with Gasteiger partial charge in [0, 0.05) is 22.2 Å². The highest BCUT2D eigenvalue weighted by atomic mass is 35.5. The van der Waals surface area contributed by atoms with Crippen LogP contribution in [0.5, 0.6) is 5.75 Å². The first-order valence-electron chi connectivity index (χ1n) is 9.33. The first-order valence-corrected chi connectivity index (χ1v) is 10.1. The summed E-state index contributed by atoms with van der Waals surface area (Å²) in [6.45, 7) is 0.567. The molecule has 3 rings (SSSR count). The quantitative estimate of drug-likeness (QED) is 0.316. The highest BCUT2D eigenvalue weighted by Crippen LogP contribution is 2.22. The summed E-state index contributed by atoms with van der Waals surface area (Å²) < 4.78 is 5.71. The Kier molecular flexibility index (Phi) is 8.04. The fraction of sp³-hybridized carbons (Fsp3) is 0.0870. The minimum atomic E-state index is -0.841. The van der Waals surface area contributed by atoms with Gasteiger partial charge in [-0.05, 0) is 47.5 Å². The topological polar surface area (TPSA) is 79.8 Å². The number of nitrogens with one attached hydrogen (secondary N) is 2. The third kappa shape index (κ3) is 7.13. The summed E-state index contributed by atoms with van der Waals surface area (Å²) in [7, 11) is 0. The molecule has 8 heteroatoms. The zero-order chi connectivity index (χ0) is 22.1. The molecular weight excluding hydrogens is 437 g/mol. The first kappa shape index (κ1) is 22.3. The molecule has 2 amide bonds. The van der Waals surface area contributed by atoms with Gasteiger partial charge in [0.25, 0.3) is 0 Å². The van der Waals surface area contributed by atoms with Crippen molar-refractivity contribution >= 4 is 41.2 Å². The second-order valence-electron chi connectivity index (χ2n) is 6.46. The number of carbonyl (C=O) groups excluding carboxylic acids is 2. The lowest BCUT2D eigenvalue weighted by Crippen LogP contribution is -2.37. The van der Waals surface area contributed by atoms with Crippen molar-refractivity contribution in [1.82, 2.24) is 10.7 Å². The van der Waals surface area contributed by atoms with Crippen LogP contribution in [-0.2, 0) is 22.7 Å². The first-order chi connectivity index (χ1) is 15.0. The SMILES string of the molecule is O=C(NCc1ccccc1)C(=O)N/N=C\c1ccc(OCc2ccc(Cl)cc2Cl)cc1. The van der Waals surface area contributed by atoms with Crippen molar-refractivity contribution in [2.45, 2.75) is 13.2 Å². The molecule has 0 saturated carbocycles. The minimum absolute atomic E-state index is 0.263. The van der Waals surface area contributed by atoms with Crippen molar-refractivity contribution in [2.24, 2.45) is 5.10 Å². The zero-order valence-corrected chi connectivity index (χ0v) is 17.9. The molecule has 0 unspecified atom stereocenters. The summed E-state index contributed by atoms with van der Waals surface area (Å²) in [6.07, 6.45) is 1.43. The molecule has 0 spiro atoms. The van der Waals surface area contributed by atoms with Gasteiger partial charge in [-0.25, -0.2) is 5.43 Å². The molecule has 0 saturated heterocycles. The number of hydrogen-bond acceptors (Lipinski definition) is 4. The predicted molar refractivity (Wildman–Crippen MR) is 121 cm³/mol. The number of amides is 2. The molecule has 0 radical (unpaired) electrons. The van der Waals surface area contributed by atoms with E-state index in [1.807, 2.05) is 36.4 Å². The van der Waals surface area contributed by atoms with E-state index in [9.17, 15) is 9.59 Å². The Hall–Kier alpha value is -3.35. The van der Waals surface area contributed by atoms with Crippen molar-refractivity contribution < 1.29 is 14.3 Å². The zero-order valence-electron chi connectivity index (χ0n) is 16.3. The molecule has 31 heavy (non-hydrogen) atoms. The van der Waals surface area contributed by atoms with E-state index in [0.29, 0.717) is 22.4 Å². The summed E-state index contributed by atoms with van der Waals surface area (Å²) in [5, 5.41) is 7.44. The molecule has 6 nitrogen and oxygen atoms in total. The third-order valence-electron chi connectivity index (χ3n) is 4.17. The summed E-state index contributed by atoms with van der Waals surface area (Å²) >= 11 is 12.0. The Morgan fingerprint density at radius 3 is 2.39 bits per heavy atom. The van der Waals surface area contributed by atoms with Gasteiger partial charge < -0.3 is 10.1 Å². The Morgan fingerprint density at radius 1 is 0.935 bits per heavy atom. The largest absolute Gasteiger partial charge is 0.489 e. The van der Waals surface area contributed by atoms with E-state index >= 15 is 0 Å². The second-order valence-corrected chi connectivity index (χ2v) is 7.30. The van der Waals surface area contributed by atoms with Crippen molar-refractivity contribution in [3.63, 3.8) is 0 Å². The maximum absolute atomic E-state index is 11.8. The number of hydrazone groups is 1. The van der Waals surface area contributed by atoms with Gasteiger partial charge in [-0.15, -0.1) is 0 Å². The normalized spacial score (nSPS) is 10.6. The van der Waals surface area contributed by atoms with Crippen LogP contribution in [-0.4, -0.2) is 18.0 Å². The van der Waals surface area contributed by atoms with Gasteiger partial charge in [0.2, 0.25) is 0 Å². The number of halogens is 2. The molecule has 0 aliphatic rings. The number of hydrogen-bond donors (Lipinski definition) is 2. The fourth-order valence-corrected chi connectivity index (χ4v) is 2.99. The average molecular weight is 456 g/mol. The standard InChI is InChI=1S/C23H19Cl2N3O3/c24-19-9-8-18(21(25)12-19)15-31-20-10-6-17(7-11-20)14-27-28-23(30)22(29)26-13-16-4-2-1-3-5-16/h1-12,14H,13,15H2,(H,26,29)(H,28,30)/b27-14-. The molecule has 158 valence electrons. The van der Waals surface area contributed by atoms with E-state index in [-0.39, 0.29) is 6.54 Å². The number of nitrogens with zero attached hydrogens (tertiary/aromatic N) is 1. The molecule has 0 bridgehead atoms. The van der Waals surface area contributed by atoms with Crippen LogP contribution in [0.4, 0.5) is 0 Å². The minimum Gasteiger partial charge on any atom is -0.489 e. The number of benzene rings is 3. The molecular formula is C23H19Cl2N3O3. The van der Waals surface area contributed by atoms with Crippen LogP contribution in [0.2, 0.25) is 10.0 Å². The number of ether oxygens (including phenoxy) is 1. The Balaban J connectivity index is 1.44. The predicted octanol–water partition coefficient (Wildman–Crippen LogP) is 4.34. The van der Waals surface area contributed by atoms with Crippen LogP contribution >= 0.6 is 23.2 Å². The van der Waals surface area contributed by atoms with Crippen molar-refractivity contribution in [1.29, 1.82) is 0 Å². The lowest BCUT2D eigenvalue weighted by Gasteiger charge is -2.08. The van der Waals surface area contributed by atoms with E-state index < -0.39 is 11.8 Å². The Labute approximate surface area is 189 Å². The van der Waals surface area contributed by atoms with Crippen LogP contribution in [0.1, 0.15) is 16.7 Å². The van der Waals surface area contributed by atoms with Crippen LogP contribution < -0.4 is 15.5 Å². The Morgan fingerprint density at radius 2 is 1.68 bits per heavy atom. The lowest BCUT2D eigenvalue weighted by atomic mass is 10.2. The molecule has 0 heterocycles. The molecule has 2 N–H and O–H groups in total. The highest BCUT2D eigenvalue weighted by molar-refractivity contribution is 6.35. The lowest BCUT2D eigenvalue weighted by molar-refractivity contribution is -0.139. The van der Waals surface area contributed by atoms with E-state index in [1.54, 1.807) is 36.4 Å². The van der Waals surface area contributed by atoms with Crippen LogP contribution in [0, 0.1) is 0 Å². The molecule has 3 aromatic carbocycles. The van der Waals surface area contributed by atoms with Crippen molar-refractivity contribution in [3.8, 4) is 5.75 Å². The van der Waals surface area contributed by atoms with Gasteiger partial charge in [-0.3, -0.25) is 9.59 Å². The van der Waals surface area contributed by atoms with Crippen LogP contribution in [0.15, 0.2) is 77.9 Å². The maximum Gasteiger partial charge on any atom is 0.329 e. The molecule has 0 atom stereocenters. The summed E-state index contributed by atoms with van der Waals surface area (Å²) in [4.78, 5) is 23.6. The van der Waals surface area contributed by atoms with E-state index in [0.717, 1.165) is 16.7 Å². The van der Waals surface area contributed by atoms with Crippen molar-refractivity contribution in [2.75, 3.05) is 0 Å². The molecule has 0 fully saturated rings. The molecule has 0 aromatic heterocycles. The van der Waals surface area contributed by atoms with Gasteiger partial charge in [-0.2, -0.15) is 5.10 Å².